The fourth-order valence-corrected chi connectivity index (χ4v) is 10.5. The number of benzene rings is 2. The van der Waals surface area contributed by atoms with E-state index < -0.39 is 59.8 Å². The Labute approximate surface area is 402 Å². The van der Waals surface area contributed by atoms with Gasteiger partial charge in [-0.15, -0.1) is 0 Å². The molecule has 4 fully saturated rings. The number of carbonyl (C=O) groups excluding carboxylic acids is 6. The SMILES string of the molecule is COc1cc(C(=O)NC2CCN(C3CCN(CCOCCNc4ccc5c(c4)C(=O)N(C4CCC(=O)NC4=O)C5=O)CC3)CC2)c(F)cc1Nc1ncc2c(n1)N(C1CCCC1)CC(F)(F)C(=O)N2C. The zero-order chi connectivity index (χ0) is 49.3. The maximum Gasteiger partial charge on any atom is 0.342 e. The number of hydrogen-bond donors (Lipinski definition) is 4. The van der Waals surface area contributed by atoms with Crippen molar-refractivity contribution in [2.75, 3.05) is 93.6 Å². The van der Waals surface area contributed by atoms with Crippen molar-refractivity contribution in [2.45, 2.75) is 94.3 Å². The number of nitrogens with zero attached hydrogens (tertiary/aromatic N) is 7. The van der Waals surface area contributed by atoms with E-state index in [4.69, 9.17) is 9.47 Å². The van der Waals surface area contributed by atoms with Crippen molar-refractivity contribution in [3.63, 3.8) is 0 Å². The second kappa shape index (κ2) is 20.5. The highest BCUT2D eigenvalue weighted by atomic mass is 19.3. The average molecular weight is 974 g/mol. The molecule has 1 atom stereocenters. The molecule has 6 aliphatic rings. The first kappa shape index (κ1) is 48.6. The molecular weight excluding hydrogens is 916 g/mol. The second-order valence-electron chi connectivity index (χ2n) is 18.8. The number of piperidine rings is 3. The number of methoxy groups -OCH3 is 1. The van der Waals surface area contributed by atoms with Gasteiger partial charge in [0.2, 0.25) is 17.8 Å². The molecule has 6 amide bonds. The van der Waals surface area contributed by atoms with Gasteiger partial charge in [-0.2, -0.15) is 13.8 Å². The minimum atomic E-state index is -3.63. The number of nitrogens with one attached hydrogen (secondary N) is 4. The molecule has 0 spiro atoms. The molecule has 22 heteroatoms. The average Bonchev–Trinajstić information content (AvgIpc) is 3.96. The Morgan fingerprint density at radius 2 is 1.64 bits per heavy atom. The van der Waals surface area contributed by atoms with E-state index in [0.29, 0.717) is 57.2 Å². The van der Waals surface area contributed by atoms with Gasteiger partial charge in [-0.25, -0.2) is 9.37 Å². The monoisotopic (exact) mass is 973 g/mol. The third-order valence-electron chi connectivity index (χ3n) is 14.4. The Hall–Kier alpha value is -6.39. The molecule has 1 unspecified atom stereocenters. The molecule has 19 nitrogen and oxygen atoms in total. The van der Waals surface area contributed by atoms with E-state index in [0.717, 1.165) is 74.3 Å². The van der Waals surface area contributed by atoms with Crippen LogP contribution in [0.25, 0.3) is 0 Å². The number of rotatable bonds is 15. The van der Waals surface area contributed by atoms with E-state index >= 15 is 13.2 Å². The third-order valence-corrected chi connectivity index (χ3v) is 14.4. The number of anilines is 5. The van der Waals surface area contributed by atoms with Crippen LogP contribution < -0.4 is 35.8 Å². The van der Waals surface area contributed by atoms with E-state index in [2.05, 4.69) is 41.0 Å². The van der Waals surface area contributed by atoms with Crippen LogP contribution in [0, 0.1) is 5.82 Å². The molecule has 1 saturated carbocycles. The van der Waals surface area contributed by atoms with Crippen LogP contribution in [0.5, 0.6) is 5.75 Å². The maximum absolute atomic E-state index is 15.7. The first-order valence-electron chi connectivity index (χ1n) is 24.1. The normalized spacial score (nSPS) is 21.7. The van der Waals surface area contributed by atoms with Gasteiger partial charge in [0.25, 0.3) is 23.6 Å². The van der Waals surface area contributed by atoms with E-state index in [1.54, 1.807) is 18.2 Å². The van der Waals surface area contributed by atoms with Crippen LogP contribution in [0.15, 0.2) is 36.5 Å². The standard InChI is InChI=1S/C48H58F3N11O8/c1-58-38-26-53-47(57-41(38)61(31-5-3-4-6-31)27-48(50,51)46(58)68)55-36-25-35(49)34(24-39(36)69-2)42(64)54-28-11-18-60(19-12-28)30-13-16-59(17-14-30)20-22-70-21-15-52-29-7-8-32-33(23-29)45(67)62(44(32)66)37-9-10-40(63)56-43(37)65/h7-8,23-26,28,30-31,37,52H,3-6,9-22,27H2,1-2H3,(H,54,64)(H,53,55,57)(H,56,63,65). The lowest BCUT2D eigenvalue weighted by Gasteiger charge is -2.42. The Balaban J connectivity index is 0.694. The van der Waals surface area contributed by atoms with Gasteiger partial charge in [0.05, 0.1) is 55.4 Å². The van der Waals surface area contributed by atoms with Crippen LogP contribution >= 0.6 is 0 Å². The number of alkyl halides is 2. The predicted molar refractivity (Wildman–Crippen MR) is 250 cm³/mol. The molecule has 3 saturated heterocycles. The molecule has 374 valence electrons. The Kier molecular flexibility index (Phi) is 14.3. The highest BCUT2D eigenvalue weighted by Crippen LogP contribution is 2.40. The van der Waals surface area contributed by atoms with Crippen molar-refractivity contribution < 1.29 is 51.4 Å². The highest BCUT2D eigenvalue weighted by Gasteiger charge is 2.49. The molecule has 0 radical (unpaired) electrons. The lowest BCUT2D eigenvalue weighted by molar-refractivity contribution is -0.140. The quantitative estimate of drug-likeness (QED) is 0.126. The zero-order valence-corrected chi connectivity index (χ0v) is 39.2. The molecule has 0 bridgehead atoms. The smallest absolute Gasteiger partial charge is 0.342 e. The van der Waals surface area contributed by atoms with Gasteiger partial charge in [-0.3, -0.25) is 39.0 Å². The molecule has 4 N–H and O–H groups in total. The highest BCUT2D eigenvalue weighted by molar-refractivity contribution is 6.23. The first-order chi connectivity index (χ1) is 33.7. The van der Waals surface area contributed by atoms with E-state index in [1.807, 2.05) is 0 Å². The summed E-state index contributed by atoms with van der Waals surface area (Å²) < 4.78 is 57.3. The summed E-state index contributed by atoms with van der Waals surface area (Å²) in [6, 6.07) is 6.35. The fraction of sp³-hybridized carbons (Fsp3) is 0.542. The molecule has 70 heavy (non-hydrogen) atoms. The van der Waals surface area contributed by atoms with E-state index in [9.17, 15) is 28.8 Å². The van der Waals surface area contributed by atoms with Crippen LogP contribution in [0.2, 0.25) is 0 Å². The van der Waals surface area contributed by atoms with Gasteiger partial charge in [0, 0.05) is 69.5 Å². The van der Waals surface area contributed by atoms with Crippen molar-refractivity contribution >= 4 is 64.3 Å². The minimum absolute atomic E-state index is 0.0182. The fourth-order valence-electron chi connectivity index (χ4n) is 10.5. The lowest BCUT2D eigenvalue weighted by atomic mass is 9.97. The Morgan fingerprint density at radius 3 is 2.37 bits per heavy atom. The van der Waals surface area contributed by atoms with Crippen LogP contribution in [0.3, 0.4) is 0 Å². The van der Waals surface area contributed by atoms with Crippen LogP contribution in [-0.4, -0.2) is 163 Å². The number of amides is 6. The number of imide groups is 2. The molecule has 6 heterocycles. The summed E-state index contributed by atoms with van der Waals surface area (Å²) in [5.74, 6) is -8.20. The number of carbonyl (C=O) groups is 6. The number of likely N-dealkylation sites (tertiary alicyclic amines) is 2. The number of halogens is 3. The summed E-state index contributed by atoms with van der Waals surface area (Å²) in [6.45, 7) is 4.90. The van der Waals surface area contributed by atoms with Crippen LogP contribution in [0.1, 0.15) is 95.3 Å². The lowest BCUT2D eigenvalue weighted by Crippen LogP contribution is -2.54. The van der Waals surface area contributed by atoms with Crippen LogP contribution in [0.4, 0.5) is 42.0 Å². The molecule has 2 aromatic carbocycles. The summed E-state index contributed by atoms with van der Waals surface area (Å²) in [6.07, 6.45) is 8.01. The zero-order valence-electron chi connectivity index (χ0n) is 39.2. The van der Waals surface area contributed by atoms with Gasteiger partial charge in [-0.1, -0.05) is 12.8 Å². The Morgan fingerprint density at radius 1 is 0.900 bits per heavy atom. The second-order valence-corrected chi connectivity index (χ2v) is 18.8. The van der Waals surface area contributed by atoms with Crippen LogP contribution in [-0.2, 0) is 19.1 Å². The summed E-state index contributed by atoms with van der Waals surface area (Å²) in [5, 5.41) is 11.4. The van der Waals surface area contributed by atoms with E-state index in [1.165, 1.54) is 31.3 Å². The molecule has 5 aliphatic heterocycles. The van der Waals surface area contributed by atoms with Gasteiger partial charge in [0.1, 0.15) is 23.3 Å². The minimum Gasteiger partial charge on any atom is -0.495 e. The topological polar surface area (TPSA) is 211 Å². The van der Waals surface area contributed by atoms with E-state index in [-0.39, 0.29) is 70.5 Å². The molecule has 9 rings (SSSR count). The van der Waals surface area contributed by atoms with Crippen molar-refractivity contribution in [1.29, 1.82) is 0 Å². The van der Waals surface area contributed by atoms with Crippen molar-refractivity contribution in [3.05, 3.63) is 59.0 Å². The maximum atomic E-state index is 15.7. The summed E-state index contributed by atoms with van der Waals surface area (Å²) >= 11 is 0. The summed E-state index contributed by atoms with van der Waals surface area (Å²) in [5.41, 5.74) is 1.17. The van der Waals surface area contributed by atoms with Gasteiger partial charge in [-0.05, 0) is 82.3 Å². The molecule has 1 aliphatic carbocycles. The van der Waals surface area contributed by atoms with Crippen molar-refractivity contribution in [3.8, 4) is 5.75 Å². The van der Waals surface area contributed by atoms with Gasteiger partial charge < -0.3 is 45.0 Å². The predicted octanol–water partition coefficient (Wildman–Crippen LogP) is 3.92. The largest absolute Gasteiger partial charge is 0.495 e. The summed E-state index contributed by atoms with van der Waals surface area (Å²) in [7, 11) is 2.65. The number of ether oxygens (including phenoxy) is 2. The first-order valence-corrected chi connectivity index (χ1v) is 24.1. The van der Waals surface area contributed by atoms with Gasteiger partial charge in [0.15, 0.2) is 5.82 Å². The molecule has 1 aromatic heterocycles. The van der Waals surface area contributed by atoms with Crippen molar-refractivity contribution in [2.24, 2.45) is 0 Å². The number of hydrogen-bond acceptors (Lipinski definition) is 15. The third kappa shape index (κ3) is 10.1. The number of fused-ring (bicyclic) bond motifs is 2. The van der Waals surface area contributed by atoms with Gasteiger partial charge >= 0.3 is 5.92 Å². The number of aromatic nitrogens is 2. The molecule has 3 aromatic rings. The molecular formula is C48H58F3N11O8. The van der Waals surface area contributed by atoms with Crippen molar-refractivity contribution in [1.82, 2.24) is 35.3 Å². The summed E-state index contributed by atoms with van der Waals surface area (Å²) in [4.78, 5) is 93.2. The Bertz CT molecular complexity index is 2530.